The normalized spacial score (nSPS) is 12.0. The van der Waals surface area contributed by atoms with Gasteiger partial charge in [0.05, 0.1) is 5.01 Å². The fraction of sp³-hybridized carbons (Fsp3) is 0.786. The summed E-state index contributed by atoms with van der Waals surface area (Å²) in [7, 11) is 0. The van der Waals surface area contributed by atoms with Gasteiger partial charge in [-0.15, -0.1) is 11.3 Å². The van der Waals surface area contributed by atoms with E-state index in [1.54, 1.807) is 0 Å². The Morgan fingerprint density at radius 3 is 2.44 bits per heavy atom. The summed E-state index contributed by atoms with van der Waals surface area (Å²) < 4.78 is 0. The second-order valence-electron chi connectivity index (χ2n) is 5.29. The highest BCUT2D eigenvalue weighted by Crippen LogP contribution is 2.33. The van der Waals surface area contributed by atoms with Crippen LogP contribution >= 0.6 is 11.3 Å². The van der Waals surface area contributed by atoms with E-state index in [-0.39, 0.29) is 0 Å². The van der Waals surface area contributed by atoms with Gasteiger partial charge in [0, 0.05) is 16.5 Å². The van der Waals surface area contributed by atoms with Crippen LogP contribution in [0.5, 0.6) is 0 Å². The highest BCUT2D eigenvalue weighted by atomic mass is 32.1. The van der Waals surface area contributed by atoms with Gasteiger partial charge in [0.2, 0.25) is 0 Å². The van der Waals surface area contributed by atoms with Crippen LogP contribution in [0.4, 0.5) is 0 Å². The fourth-order valence-corrected chi connectivity index (χ4v) is 2.88. The third-order valence-corrected chi connectivity index (χ3v) is 4.47. The summed E-state index contributed by atoms with van der Waals surface area (Å²) in [5.41, 5.74) is 0.318. The summed E-state index contributed by atoms with van der Waals surface area (Å²) in [4.78, 5) is 5.80. The molecule has 0 N–H and O–H groups in total. The zero-order chi connectivity index (χ0) is 12.0. The summed E-state index contributed by atoms with van der Waals surface area (Å²) in [5.74, 6) is 0. The number of hydrogen-bond acceptors (Lipinski definition) is 2. The van der Waals surface area contributed by atoms with Crippen LogP contribution in [0.1, 0.15) is 69.2 Å². The molecule has 0 saturated carbocycles. The molecule has 1 rings (SSSR count). The van der Waals surface area contributed by atoms with E-state index in [2.05, 4.69) is 38.9 Å². The van der Waals surface area contributed by atoms with E-state index in [9.17, 15) is 0 Å². The van der Waals surface area contributed by atoms with E-state index in [1.165, 1.54) is 48.4 Å². The Hall–Kier alpha value is -0.370. The van der Waals surface area contributed by atoms with E-state index < -0.39 is 0 Å². The van der Waals surface area contributed by atoms with Gasteiger partial charge < -0.3 is 0 Å². The predicted octanol–water partition coefficient (Wildman–Crippen LogP) is 5.09. The minimum Gasteiger partial charge on any atom is -0.250 e. The third kappa shape index (κ3) is 4.25. The molecule has 1 heterocycles. The molecule has 0 radical (unpaired) electrons. The van der Waals surface area contributed by atoms with Gasteiger partial charge in [0.15, 0.2) is 0 Å². The van der Waals surface area contributed by atoms with Crippen molar-refractivity contribution in [1.29, 1.82) is 0 Å². The van der Waals surface area contributed by atoms with Gasteiger partial charge in [0.1, 0.15) is 0 Å². The van der Waals surface area contributed by atoms with Crippen molar-refractivity contribution in [3.63, 3.8) is 0 Å². The predicted molar refractivity (Wildman–Crippen MR) is 73.3 cm³/mol. The number of hydrogen-bond donors (Lipinski definition) is 0. The Kier molecular flexibility index (Phi) is 5.47. The lowest BCUT2D eigenvalue weighted by molar-refractivity contribution is 0.450. The SMILES string of the molecule is CCCCCCCC(C)(C)c1cnc(C)s1. The van der Waals surface area contributed by atoms with Crippen LogP contribution in [0.25, 0.3) is 0 Å². The Labute approximate surface area is 104 Å². The summed E-state index contributed by atoms with van der Waals surface area (Å²) in [6.07, 6.45) is 10.2. The van der Waals surface area contributed by atoms with E-state index in [4.69, 9.17) is 0 Å². The molecular weight excluding hydrogens is 214 g/mol. The first-order valence-electron chi connectivity index (χ1n) is 6.49. The first-order valence-corrected chi connectivity index (χ1v) is 7.31. The van der Waals surface area contributed by atoms with Gasteiger partial charge in [0.25, 0.3) is 0 Å². The van der Waals surface area contributed by atoms with Crippen molar-refractivity contribution in [2.75, 3.05) is 0 Å². The lowest BCUT2D eigenvalue weighted by Crippen LogP contribution is -2.15. The molecule has 1 aromatic rings. The minimum absolute atomic E-state index is 0.318. The topological polar surface area (TPSA) is 12.9 Å². The number of nitrogens with zero attached hydrogens (tertiary/aromatic N) is 1. The van der Waals surface area contributed by atoms with Gasteiger partial charge in [-0.25, -0.2) is 4.98 Å². The molecule has 0 aliphatic rings. The second kappa shape index (κ2) is 6.39. The molecule has 0 amide bonds. The number of unbranched alkanes of at least 4 members (excludes halogenated alkanes) is 4. The van der Waals surface area contributed by atoms with Crippen LogP contribution < -0.4 is 0 Å². The average molecular weight is 239 g/mol. The van der Waals surface area contributed by atoms with E-state index in [1.807, 2.05) is 11.3 Å². The molecule has 0 aliphatic carbocycles. The molecular formula is C14H25NS. The first kappa shape index (κ1) is 13.7. The molecule has 0 aliphatic heterocycles. The van der Waals surface area contributed by atoms with Crippen LogP contribution in [0.15, 0.2) is 6.20 Å². The number of thiazole rings is 1. The molecule has 0 bridgehead atoms. The Balaban J connectivity index is 2.34. The molecule has 1 nitrogen and oxygen atoms in total. The maximum atomic E-state index is 4.36. The second-order valence-corrected chi connectivity index (χ2v) is 6.53. The van der Waals surface area contributed by atoms with Gasteiger partial charge in [-0.2, -0.15) is 0 Å². The number of aryl methyl sites for hydroxylation is 1. The van der Waals surface area contributed by atoms with Crippen LogP contribution in [0.2, 0.25) is 0 Å². The molecule has 1 aromatic heterocycles. The molecule has 0 aromatic carbocycles. The summed E-state index contributed by atoms with van der Waals surface area (Å²) in [5, 5.41) is 1.19. The van der Waals surface area contributed by atoms with Crippen molar-refractivity contribution in [2.24, 2.45) is 0 Å². The minimum atomic E-state index is 0.318. The third-order valence-electron chi connectivity index (χ3n) is 3.19. The quantitative estimate of drug-likeness (QED) is 0.604. The highest BCUT2D eigenvalue weighted by molar-refractivity contribution is 7.11. The fourth-order valence-electron chi connectivity index (χ4n) is 1.97. The van der Waals surface area contributed by atoms with Gasteiger partial charge in [-0.1, -0.05) is 52.9 Å². The first-order chi connectivity index (χ1) is 7.56. The van der Waals surface area contributed by atoms with Crippen LogP contribution in [0.3, 0.4) is 0 Å². The van der Waals surface area contributed by atoms with Crippen molar-refractivity contribution in [3.05, 3.63) is 16.1 Å². The molecule has 2 heteroatoms. The molecule has 0 unspecified atom stereocenters. The highest BCUT2D eigenvalue weighted by Gasteiger charge is 2.22. The molecule has 0 saturated heterocycles. The monoisotopic (exact) mass is 239 g/mol. The standard InChI is InChI=1S/C14H25NS/c1-5-6-7-8-9-10-14(3,4)13-11-15-12(2)16-13/h11H,5-10H2,1-4H3. The number of aromatic nitrogens is 1. The van der Waals surface area contributed by atoms with Crippen LogP contribution in [-0.4, -0.2) is 4.98 Å². The number of rotatable bonds is 7. The molecule has 0 fully saturated rings. The van der Waals surface area contributed by atoms with Crippen molar-refractivity contribution in [3.8, 4) is 0 Å². The van der Waals surface area contributed by atoms with E-state index >= 15 is 0 Å². The average Bonchev–Trinajstić information content (AvgIpc) is 2.65. The molecule has 0 spiro atoms. The molecule has 0 atom stereocenters. The summed E-state index contributed by atoms with van der Waals surface area (Å²) >= 11 is 1.85. The Morgan fingerprint density at radius 1 is 1.19 bits per heavy atom. The van der Waals surface area contributed by atoms with Gasteiger partial charge >= 0.3 is 0 Å². The van der Waals surface area contributed by atoms with Crippen molar-refractivity contribution in [1.82, 2.24) is 4.98 Å². The van der Waals surface area contributed by atoms with Crippen LogP contribution in [0, 0.1) is 6.92 Å². The lowest BCUT2D eigenvalue weighted by atomic mass is 9.85. The van der Waals surface area contributed by atoms with Crippen molar-refractivity contribution < 1.29 is 0 Å². The largest absolute Gasteiger partial charge is 0.250 e. The van der Waals surface area contributed by atoms with Crippen molar-refractivity contribution >= 4 is 11.3 Å². The lowest BCUT2D eigenvalue weighted by Gasteiger charge is -2.22. The summed E-state index contributed by atoms with van der Waals surface area (Å²) in [6, 6.07) is 0. The van der Waals surface area contributed by atoms with E-state index in [0.717, 1.165) is 0 Å². The summed E-state index contributed by atoms with van der Waals surface area (Å²) in [6.45, 7) is 9.05. The van der Waals surface area contributed by atoms with Gasteiger partial charge in [-0.05, 0) is 13.3 Å². The molecule has 16 heavy (non-hydrogen) atoms. The van der Waals surface area contributed by atoms with Crippen molar-refractivity contribution in [2.45, 2.75) is 71.6 Å². The van der Waals surface area contributed by atoms with Crippen LogP contribution in [-0.2, 0) is 5.41 Å². The maximum absolute atomic E-state index is 4.36. The Morgan fingerprint density at radius 2 is 1.88 bits per heavy atom. The zero-order valence-electron chi connectivity index (χ0n) is 11.2. The smallest absolute Gasteiger partial charge is 0.0896 e. The zero-order valence-corrected chi connectivity index (χ0v) is 12.0. The van der Waals surface area contributed by atoms with Gasteiger partial charge in [-0.3, -0.25) is 0 Å². The Bertz CT molecular complexity index is 301. The molecule has 92 valence electrons. The van der Waals surface area contributed by atoms with E-state index in [0.29, 0.717) is 5.41 Å². The maximum Gasteiger partial charge on any atom is 0.0896 e.